The van der Waals surface area contributed by atoms with Crippen molar-refractivity contribution >= 4 is 23.2 Å². The standard InChI is InChI=1S/C21H21NO7/c1-2-9-10-4-3-5-12(23)14(10)17(25)15-11(9)6-8-7-13(24)16(20(22)28)19(27)21(8,29)18(15)26/h3-5,8-9,11,23,25,27,29H,2,6-7H2,1H3,(H2,22,28)/t8-,9+,11?,21-/m0/s1. The summed E-state index contributed by atoms with van der Waals surface area (Å²) >= 11 is 0. The Morgan fingerprint density at radius 1 is 1.24 bits per heavy atom. The quantitative estimate of drug-likeness (QED) is 0.470. The summed E-state index contributed by atoms with van der Waals surface area (Å²) in [6.07, 6.45) is 0.397. The van der Waals surface area contributed by atoms with Gasteiger partial charge in [0.05, 0.1) is 5.56 Å². The third-order valence-corrected chi connectivity index (χ3v) is 6.54. The second-order valence-electron chi connectivity index (χ2n) is 7.87. The number of hydrogen-bond acceptors (Lipinski definition) is 7. The summed E-state index contributed by atoms with van der Waals surface area (Å²) in [4.78, 5) is 37.3. The first kappa shape index (κ1) is 19.2. The van der Waals surface area contributed by atoms with E-state index in [1.165, 1.54) is 6.07 Å². The van der Waals surface area contributed by atoms with Crippen LogP contribution in [0.25, 0.3) is 5.76 Å². The molecular weight excluding hydrogens is 378 g/mol. The zero-order valence-corrected chi connectivity index (χ0v) is 15.7. The van der Waals surface area contributed by atoms with Crippen molar-refractivity contribution in [3.63, 3.8) is 0 Å². The summed E-state index contributed by atoms with van der Waals surface area (Å²) in [6.45, 7) is 1.90. The topological polar surface area (TPSA) is 158 Å². The lowest BCUT2D eigenvalue weighted by Gasteiger charge is -2.48. The molecule has 1 aromatic rings. The normalized spacial score (nSPS) is 31.3. The van der Waals surface area contributed by atoms with Gasteiger partial charge in [-0.2, -0.15) is 0 Å². The summed E-state index contributed by atoms with van der Waals surface area (Å²) in [5.74, 6) is -6.38. The van der Waals surface area contributed by atoms with E-state index in [1.807, 2.05) is 6.92 Å². The average molecular weight is 399 g/mol. The molecule has 0 spiro atoms. The molecule has 1 unspecified atom stereocenters. The maximum absolute atomic E-state index is 13.4. The van der Waals surface area contributed by atoms with E-state index in [9.17, 15) is 34.8 Å². The molecule has 152 valence electrons. The lowest BCUT2D eigenvalue weighted by atomic mass is 9.56. The highest BCUT2D eigenvalue weighted by Gasteiger charge is 2.61. The zero-order valence-electron chi connectivity index (χ0n) is 15.7. The van der Waals surface area contributed by atoms with Gasteiger partial charge in [0.2, 0.25) is 5.78 Å². The minimum absolute atomic E-state index is 0.116. The molecule has 8 nitrogen and oxygen atoms in total. The van der Waals surface area contributed by atoms with Crippen LogP contribution in [-0.4, -0.2) is 43.5 Å². The number of aliphatic hydroxyl groups excluding tert-OH is 2. The van der Waals surface area contributed by atoms with E-state index < -0.39 is 52.0 Å². The molecule has 0 aliphatic heterocycles. The van der Waals surface area contributed by atoms with Crippen molar-refractivity contribution in [1.82, 2.24) is 0 Å². The van der Waals surface area contributed by atoms with Gasteiger partial charge in [0.1, 0.15) is 22.8 Å². The molecule has 0 heterocycles. The molecule has 8 heteroatoms. The van der Waals surface area contributed by atoms with Crippen molar-refractivity contribution in [2.75, 3.05) is 0 Å². The lowest BCUT2D eigenvalue weighted by Crippen LogP contribution is -2.58. The molecule has 0 radical (unpaired) electrons. The average Bonchev–Trinajstić information content (AvgIpc) is 2.64. The lowest BCUT2D eigenvalue weighted by molar-refractivity contribution is -0.148. The highest BCUT2D eigenvalue weighted by Crippen LogP contribution is 2.56. The Kier molecular flexibility index (Phi) is 4.09. The number of carbonyl (C=O) groups is 3. The highest BCUT2D eigenvalue weighted by molar-refractivity contribution is 6.22. The van der Waals surface area contributed by atoms with E-state index in [2.05, 4.69) is 0 Å². The molecule has 6 N–H and O–H groups in total. The second-order valence-corrected chi connectivity index (χ2v) is 7.87. The molecular formula is C21H21NO7. The molecule has 0 bridgehead atoms. The minimum Gasteiger partial charge on any atom is -0.508 e. The number of aromatic hydroxyl groups is 1. The Balaban J connectivity index is 1.98. The van der Waals surface area contributed by atoms with Crippen LogP contribution in [0.1, 0.15) is 43.2 Å². The first-order valence-corrected chi connectivity index (χ1v) is 9.43. The maximum atomic E-state index is 13.4. The van der Waals surface area contributed by atoms with Crippen LogP contribution in [0.2, 0.25) is 0 Å². The van der Waals surface area contributed by atoms with Crippen LogP contribution in [0.3, 0.4) is 0 Å². The van der Waals surface area contributed by atoms with Gasteiger partial charge in [0.25, 0.3) is 5.91 Å². The van der Waals surface area contributed by atoms with Gasteiger partial charge in [0, 0.05) is 17.9 Å². The van der Waals surface area contributed by atoms with Crippen molar-refractivity contribution < 1.29 is 34.8 Å². The Labute approximate surface area is 166 Å². The molecule has 0 saturated heterocycles. The third-order valence-electron chi connectivity index (χ3n) is 6.54. The van der Waals surface area contributed by atoms with E-state index in [1.54, 1.807) is 12.1 Å². The number of primary amides is 1. The van der Waals surface area contributed by atoms with Crippen LogP contribution in [0, 0.1) is 11.8 Å². The van der Waals surface area contributed by atoms with E-state index in [-0.39, 0.29) is 35.6 Å². The van der Waals surface area contributed by atoms with Crippen LogP contribution >= 0.6 is 0 Å². The number of fused-ring (bicyclic) bond motifs is 3. The molecule has 29 heavy (non-hydrogen) atoms. The van der Waals surface area contributed by atoms with Gasteiger partial charge in [0.15, 0.2) is 11.4 Å². The molecule has 1 saturated carbocycles. The number of nitrogens with two attached hydrogens (primary N) is 1. The number of Topliss-reactive ketones (excluding diaryl/α,β-unsaturated/α-hetero) is 2. The smallest absolute Gasteiger partial charge is 0.255 e. The maximum Gasteiger partial charge on any atom is 0.255 e. The number of benzene rings is 1. The van der Waals surface area contributed by atoms with Crippen molar-refractivity contribution in [2.45, 2.75) is 37.7 Å². The van der Waals surface area contributed by atoms with Gasteiger partial charge < -0.3 is 26.2 Å². The van der Waals surface area contributed by atoms with Gasteiger partial charge in [-0.25, -0.2) is 0 Å². The Bertz CT molecular complexity index is 1040. The molecule has 4 atom stereocenters. The summed E-state index contributed by atoms with van der Waals surface area (Å²) in [5.41, 5.74) is 2.52. The Morgan fingerprint density at radius 2 is 1.93 bits per heavy atom. The Morgan fingerprint density at radius 3 is 2.55 bits per heavy atom. The second kappa shape index (κ2) is 6.18. The molecule has 3 aliphatic carbocycles. The van der Waals surface area contributed by atoms with Crippen LogP contribution in [0.15, 0.2) is 35.1 Å². The largest absolute Gasteiger partial charge is 0.508 e. The van der Waals surface area contributed by atoms with Gasteiger partial charge in [-0.3, -0.25) is 14.4 Å². The SMILES string of the molecule is CC[C@@H]1c2cccc(O)c2C(O)=C2C(=O)[C@]3(O)C(O)=C(C(N)=O)C(=O)C[C@@H]3CC21. The fourth-order valence-electron chi connectivity index (χ4n) is 5.22. The summed E-state index contributed by atoms with van der Waals surface area (Å²) in [5, 5.41) is 42.8. The number of carbonyl (C=O) groups excluding carboxylic acids is 3. The van der Waals surface area contributed by atoms with Gasteiger partial charge in [-0.15, -0.1) is 0 Å². The van der Waals surface area contributed by atoms with Crippen LogP contribution < -0.4 is 5.73 Å². The van der Waals surface area contributed by atoms with Crippen LogP contribution in [-0.2, 0) is 14.4 Å². The minimum atomic E-state index is -2.53. The number of aliphatic hydroxyl groups is 3. The van der Waals surface area contributed by atoms with Crippen molar-refractivity contribution in [1.29, 1.82) is 0 Å². The number of phenols is 1. The van der Waals surface area contributed by atoms with Crippen molar-refractivity contribution in [2.24, 2.45) is 17.6 Å². The van der Waals surface area contributed by atoms with Crippen molar-refractivity contribution in [3.8, 4) is 5.75 Å². The predicted octanol–water partition coefficient (Wildman–Crippen LogP) is 1.38. The van der Waals surface area contributed by atoms with Crippen molar-refractivity contribution in [3.05, 3.63) is 46.2 Å². The molecule has 0 aromatic heterocycles. The molecule has 1 aromatic carbocycles. The monoisotopic (exact) mass is 399 g/mol. The third kappa shape index (κ3) is 2.32. The fraction of sp³-hybridized carbons (Fsp3) is 0.381. The van der Waals surface area contributed by atoms with Gasteiger partial charge in [-0.05, 0) is 36.3 Å². The van der Waals surface area contributed by atoms with Crippen LogP contribution in [0.4, 0.5) is 0 Å². The number of ketones is 2. The van der Waals surface area contributed by atoms with E-state index in [0.29, 0.717) is 12.0 Å². The first-order chi connectivity index (χ1) is 13.6. The van der Waals surface area contributed by atoms with E-state index in [0.717, 1.165) is 0 Å². The predicted molar refractivity (Wildman–Crippen MR) is 101 cm³/mol. The first-order valence-electron chi connectivity index (χ1n) is 9.43. The Hall–Kier alpha value is -3.13. The molecule has 1 fully saturated rings. The fourth-order valence-corrected chi connectivity index (χ4v) is 5.22. The van der Waals surface area contributed by atoms with E-state index >= 15 is 0 Å². The number of rotatable bonds is 2. The number of amides is 1. The molecule has 4 rings (SSSR count). The summed E-state index contributed by atoms with van der Waals surface area (Å²) in [7, 11) is 0. The van der Waals surface area contributed by atoms with E-state index in [4.69, 9.17) is 5.73 Å². The molecule has 1 amide bonds. The highest BCUT2D eigenvalue weighted by atomic mass is 16.3. The van der Waals surface area contributed by atoms with Gasteiger partial charge in [-0.1, -0.05) is 19.1 Å². The molecule has 3 aliphatic rings. The summed E-state index contributed by atoms with van der Waals surface area (Å²) in [6, 6.07) is 4.79. The summed E-state index contributed by atoms with van der Waals surface area (Å²) < 4.78 is 0. The number of hydrogen-bond donors (Lipinski definition) is 5. The van der Waals surface area contributed by atoms with Crippen LogP contribution in [0.5, 0.6) is 5.75 Å². The number of phenolic OH excluding ortho intramolecular Hbond substituents is 1. The van der Waals surface area contributed by atoms with Gasteiger partial charge >= 0.3 is 0 Å². The zero-order chi connectivity index (χ0) is 21.2.